The number of nitrogens with zero attached hydrogens (tertiary/aromatic N) is 1. The van der Waals surface area contributed by atoms with Gasteiger partial charge in [-0.05, 0) is 23.9 Å². The van der Waals surface area contributed by atoms with Crippen LogP contribution in [0.5, 0.6) is 0 Å². The van der Waals surface area contributed by atoms with Crippen LogP contribution in [-0.4, -0.2) is 17.9 Å². The molecule has 1 unspecified atom stereocenters. The van der Waals surface area contributed by atoms with E-state index in [0.717, 1.165) is 11.3 Å². The number of anilines is 1. The maximum absolute atomic E-state index is 12.4. The Labute approximate surface area is 127 Å². The number of carbonyl (C=O) groups is 1. The fourth-order valence-corrected chi connectivity index (χ4v) is 2.90. The van der Waals surface area contributed by atoms with Gasteiger partial charge in [0.15, 0.2) is 0 Å². The number of pyridine rings is 1. The normalized spacial score (nSPS) is 11.9. The third-order valence-electron chi connectivity index (χ3n) is 2.96. The van der Waals surface area contributed by atoms with E-state index in [0.29, 0.717) is 16.4 Å². The molecule has 106 valence electrons. The van der Waals surface area contributed by atoms with E-state index in [-0.39, 0.29) is 11.9 Å². The molecule has 4 nitrogen and oxygen atoms in total. The highest BCUT2D eigenvalue weighted by Gasteiger charge is 2.17. The number of carbonyl (C=O) groups excluding carboxylic acids is 1. The lowest BCUT2D eigenvalue weighted by Crippen LogP contribution is -2.28. The molecule has 2 N–H and O–H groups in total. The van der Waals surface area contributed by atoms with Crippen molar-refractivity contribution in [2.24, 2.45) is 0 Å². The van der Waals surface area contributed by atoms with Crippen molar-refractivity contribution in [1.29, 1.82) is 0 Å². The highest BCUT2D eigenvalue weighted by atomic mass is 35.5. The highest BCUT2D eigenvalue weighted by molar-refractivity contribution is 7.10. The van der Waals surface area contributed by atoms with E-state index < -0.39 is 0 Å². The lowest BCUT2D eigenvalue weighted by atomic mass is 10.1. The third-order valence-corrected chi connectivity index (χ3v) is 4.24. The molecule has 0 fully saturated rings. The van der Waals surface area contributed by atoms with Crippen molar-refractivity contribution < 1.29 is 4.79 Å². The second kappa shape index (κ2) is 6.72. The number of amides is 1. The quantitative estimate of drug-likeness (QED) is 0.885. The number of halogens is 1. The molecule has 0 bridgehead atoms. The fourth-order valence-electron chi connectivity index (χ4n) is 1.85. The second-order valence-corrected chi connectivity index (χ2v) is 5.64. The molecule has 0 radical (unpaired) electrons. The largest absolute Gasteiger partial charge is 0.373 e. The molecule has 2 rings (SSSR count). The van der Waals surface area contributed by atoms with Crippen LogP contribution < -0.4 is 10.6 Å². The molecular weight excluding hydrogens is 294 g/mol. The van der Waals surface area contributed by atoms with Crippen molar-refractivity contribution in [2.75, 3.05) is 12.4 Å². The van der Waals surface area contributed by atoms with Gasteiger partial charge in [-0.25, -0.2) is 4.98 Å². The van der Waals surface area contributed by atoms with Gasteiger partial charge in [-0.15, -0.1) is 11.3 Å². The Kier molecular flexibility index (Phi) is 4.98. The number of thiophene rings is 1. The molecule has 0 aliphatic rings. The summed E-state index contributed by atoms with van der Waals surface area (Å²) in [5.74, 6) is 0.429. The van der Waals surface area contributed by atoms with Gasteiger partial charge in [-0.3, -0.25) is 4.79 Å². The van der Waals surface area contributed by atoms with Gasteiger partial charge >= 0.3 is 0 Å². The number of rotatable bonds is 5. The molecule has 2 aromatic heterocycles. The van der Waals surface area contributed by atoms with Crippen molar-refractivity contribution in [3.63, 3.8) is 0 Å². The molecule has 0 aliphatic heterocycles. The van der Waals surface area contributed by atoms with Crippen LogP contribution in [-0.2, 0) is 0 Å². The predicted molar refractivity (Wildman–Crippen MR) is 83.6 cm³/mol. The molecule has 0 saturated heterocycles. The molecule has 2 aromatic rings. The Morgan fingerprint density at radius 2 is 2.35 bits per heavy atom. The molecule has 6 heteroatoms. The van der Waals surface area contributed by atoms with E-state index in [1.54, 1.807) is 24.5 Å². The summed E-state index contributed by atoms with van der Waals surface area (Å²) < 4.78 is 0. The number of aromatic nitrogens is 1. The highest BCUT2D eigenvalue weighted by Crippen LogP contribution is 2.24. The van der Waals surface area contributed by atoms with Gasteiger partial charge in [0.25, 0.3) is 5.91 Å². The van der Waals surface area contributed by atoms with Crippen molar-refractivity contribution >= 4 is 34.7 Å². The minimum atomic E-state index is -0.186. The topological polar surface area (TPSA) is 54.0 Å². The van der Waals surface area contributed by atoms with Crippen molar-refractivity contribution in [3.8, 4) is 0 Å². The summed E-state index contributed by atoms with van der Waals surface area (Å²) in [4.78, 5) is 17.6. The van der Waals surface area contributed by atoms with Crippen LogP contribution in [0.2, 0.25) is 5.02 Å². The van der Waals surface area contributed by atoms with E-state index in [2.05, 4.69) is 15.6 Å². The van der Waals surface area contributed by atoms with Crippen LogP contribution in [0.1, 0.15) is 34.6 Å². The molecule has 0 spiro atoms. The first-order valence-electron chi connectivity index (χ1n) is 6.33. The lowest BCUT2D eigenvalue weighted by molar-refractivity contribution is 0.0936. The zero-order chi connectivity index (χ0) is 14.5. The molecule has 1 amide bonds. The molecular formula is C14H16ClN3OS. The number of hydrogen-bond donors (Lipinski definition) is 2. The Bertz CT molecular complexity index is 586. The summed E-state index contributed by atoms with van der Waals surface area (Å²) >= 11 is 7.68. The predicted octanol–water partition coefficient (Wildman–Crippen LogP) is 3.72. The maximum atomic E-state index is 12.4. The van der Waals surface area contributed by atoms with Gasteiger partial charge in [-0.1, -0.05) is 24.6 Å². The van der Waals surface area contributed by atoms with Crippen LogP contribution in [0.4, 0.5) is 5.82 Å². The fraction of sp³-hybridized carbons (Fsp3) is 0.286. The zero-order valence-electron chi connectivity index (χ0n) is 11.3. The first-order valence-corrected chi connectivity index (χ1v) is 7.59. The van der Waals surface area contributed by atoms with Gasteiger partial charge in [0.05, 0.1) is 16.6 Å². The summed E-state index contributed by atoms with van der Waals surface area (Å²) in [6, 6.07) is 5.66. The SMILES string of the molecule is CCC(NC(=O)c1cc(NC)ncc1Cl)c1cccs1. The van der Waals surface area contributed by atoms with Crippen molar-refractivity contribution in [1.82, 2.24) is 10.3 Å². The Morgan fingerprint density at radius 1 is 1.55 bits per heavy atom. The van der Waals surface area contributed by atoms with Crippen LogP contribution >= 0.6 is 22.9 Å². The van der Waals surface area contributed by atoms with E-state index in [9.17, 15) is 4.79 Å². The smallest absolute Gasteiger partial charge is 0.253 e. The van der Waals surface area contributed by atoms with Gasteiger partial charge in [-0.2, -0.15) is 0 Å². The lowest BCUT2D eigenvalue weighted by Gasteiger charge is -2.16. The van der Waals surface area contributed by atoms with Crippen LogP contribution in [0.15, 0.2) is 29.8 Å². The summed E-state index contributed by atoms with van der Waals surface area (Å²) in [7, 11) is 1.75. The molecule has 0 aromatic carbocycles. The maximum Gasteiger partial charge on any atom is 0.253 e. The van der Waals surface area contributed by atoms with Crippen LogP contribution in [0, 0.1) is 0 Å². The summed E-state index contributed by atoms with van der Waals surface area (Å²) in [6.07, 6.45) is 2.31. The molecule has 0 aliphatic carbocycles. The summed E-state index contributed by atoms with van der Waals surface area (Å²) in [5.41, 5.74) is 0.432. The third kappa shape index (κ3) is 3.29. The van der Waals surface area contributed by atoms with E-state index in [1.165, 1.54) is 6.20 Å². The standard InChI is InChI=1S/C14H16ClN3OS/c1-3-11(12-5-4-6-20-12)18-14(19)9-7-13(16-2)17-8-10(9)15/h4-8,11H,3H2,1-2H3,(H,16,17)(H,18,19). The van der Waals surface area contributed by atoms with E-state index >= 15 is 0 Å². The van der Waals surface area contributed by atoms with E-state index in [1.807, 2.05) is 24.4 Å². The van der Waals surface area contributed by atoms with Crippen LogP contribution in [0.3, 0.4) is 0 Å². The zero-order valence-corrected chi connectivity index (χ0v) is 12.9. The monoisotopic (exact) mass is 309 g/mol. The molecule has 2 heterocycles. The first-order chi connectivity index (χ1) is 9.65. The minimum absolute atomic E-state index is 0.00441. The average molecular weight is 310 g/mol. The van der Waals surface area contributed by atoms with Gasteiger partial charge in [0, 0.05) is 18.1 Å². The summed E-state index contributed by atoms with van der Waals surface area (Å²) in [6.45, 7) is 2.04. The van der Waals surface area contributed by atoms with Gasteiger partial charge in [0.1, 0.15) is 5.82 Å². The van der Waals surface area contributed by atoms with E-state index in [4.69, 9.17) is 11.6 Å². The first kappa shape index (κ1) is 14.8. The Morgan fingerprint density at radius 3 is 2.95 bits per heavy atom. The minimum Gasteiger partial charge on any atom is -0.373 e. The second-order valence-electron chi connectivity index (χ2n) is 4.25. The molecule has 1 atom stereocenters. The molecule has 20 heavy (non-hydrogen) atoms. The number of nitrogens with one attached hydrogen (secondary N) is 2. The van der Waals surface area contributed by atoms with Crippen LogP contribution in [0.25, 0.3) is 0 Å². The van der Waals surface area contributed by atoms with Crippen molar-refractivity contribution in [3.05, 3.63) is 45.2 Å². The van der Waals surface area contributed by atoms with Gasteiger partial charge in [0.2, 0.25) is 0 Å². The number of hydrogen-bond acceptors (Lipinski definition) is 4. The summed E-state index contributed by atoms with van der Waals surface area (Å²) in [5, 5.41) is 8.26. The molecule has 0 saturated carbocycles. The average Bonchev–Trinajstić information content (AvgIpc) is 2.99. The Hall–Kier alpha value is -1.59. The van der Waals surface area contributed by atoms with Crippen molar-refractivity contribution in [2.45, 2.75) is 19.4 Å². The van der Waals surface area contributed by atoms with Gasteiger partial charge < -0.3 is 10.6 Å². The Balaban J connectivity index is 2.19.